The number of anilines is 1. The molecule has 3 rings (SSSR count). The number of nitro groups is 1. The van der Waals surface area contributed by atoms with Crippen LogP contribution in [0.3, 0.4) is 0 Å². The fourth-order valence-electron chi connectivity index (χ4n) is 2.97. The van der Waals surface area contributed by atoms with E-state index < -0.39 is 34.5 Å². The lowest BCUT2D eigenvalue weighted by molar-refractivity contribution is -0.385. The summed E-state index contributed by atoms with van der Waals surface area (Å²) in [7, 11) is 1.12. The Balaban J connectivity index is 1.77. The summed E-state index contributed by atoms with van der Waals surface area (Å²) in [6, 6.07) is 14.3. The zero-order chi connectivity index (χ0) is 24.8. The van der Waals surface area contributed by atoms with E-state index in [4.69, 9.17) is 9.47 Å². The van der Waals surface area contributed by atoms with E-state index in [-0.39, 0.29) is 17.4 Å². The summed E-state index contributed by atoms with van der Waals surface area (Å²) in [5.74, 6) is -2.34. The number of nitrogens with one attached hydrogen (secondary N) is 1. The minimum Gasteiger partial charge on any atom is -0.493 e. The van der Waals surface area contributed by atoms with E-state index in [1.807, 2.05) is 13.0 Å². The van der Waals surface area contributed by atoms with Gasteiger partial charge in [-0.25, -0.2) is 4.79 Å². The standard InChI is InChI=1S/C23H18F2N2O7/c1-13-4-3-5-14(10-13)21(28)26-15-6-8-16(9-7-15)33-22(29)17-11-19(32-2)20(34-23(24)25)12-18(17)27(30)31/h3-12,23H,1-2H3,(H,26,28). The molecule has 11 heteroatoms. The Hall–Kier alpha value is -4.54. The number of aryl methyl sites for hydroxylation is 1. The van der Waals surface area contributed by atoms with Crippen molar-refractivity contribution in [1.29, 1.82) is 0 Å². The van der Waals surface area contributed by atoms with E-state index in [9.17, 15) is 28.5 Å². The molecule has 1 N–H and O–H groups in total. The lowest BCUT2D eigenvalue weighted by atomic mass is 10.1. The highest BCUT2D eigenvalue weighted by atomic mass is 19.3. The van der Waals surface area contributed by atoms with Gasteiger partial charge in [-0.05, 0) is 43.3 Å². The van der Waals surface area contributed by atoms with Gasteiger partial charge in [-0.2, -0.15) is 8.78 Å². The molecule has 0 aliphatic rings. The molecule has 9 nitrogen and oxygen atoms in total. The molecular weight excluding hydrogens is 454 g/mol. The number of amides is 1. The molecule has 34 heavy (non-hydrogen) atoms. The second-order valence-electron chi connectivity index (χ2n) is 6.89. The van der Waals surface area contributed by atoms with E-state index in [1.165, 1.54) is 24.3 Å². The lowest BCUT2D eigenvalue weighted by Gasteiger charge is -2.12. The van der Waals surface area contributed by atoms with Crippen molar-refractivity contribution in [3.63, 3.8) is 0 Å². The molecule has 0 unspecified atom stereocenters. The zero-order valence-electron chi connectivity index (χ0n) is 17.9. The number of nitrogens with zero attached hydrogens (tertiary/aromatic N) is 1. The van der Waals surface area contributed by atoms with Gasteiger partial charge < -0.3 is 19.5 Å². The highest BCUT2D eigenvalue weighted by Gasteiger charge is 2.27. The Bertz CT molecular complexity index is 1230. The normalized spacial score (nSPS) is 10.5. The van der Waals surface area contributed by atoms with E-state index >= 15 is 0 Å². The van der Waals surface area contributed by atoms with Crippen LogP contribution in [-0.4, -0.2) is 30.5 Å². The van der Waals surface area contributed by atoms with Crippen molar-refractivity contribution in [1.82, 2.24) is 0 Å². The summed E-state index contributed by atoms with van der Waals surface area (Å²) in [5.41, 5.74) is 0.488. The quantitative estimate of drug-likeness (QED) is 0.213. The van der Waals surface area contributed by atoms with Gasteiger partial charge in [0.2, 0.25) is 0 Å². The number of hydrogen-bond donors (Lipinski definition) is 1. The van der Waals surface area contributed by atoms with Crippen molar-refractivity contribution < 1.29 is 37.5 Å². The first-order valence-corrected chi connectivity index (χ1v) is 9.69. The second-order valence-corrected chi connectivity index (χ2v) is 6.89. The van der Waals surface area contributed by atoms with Gasteiger partial charge in [-0.1, -0.05) is 17.7 Å². The fourth-order valence-corrected chi connectivity index (χ4v) is 2.97. The molecule has 0 spiro atoms. The third-order valence-electron chi connectivity index (χ3n) is 4.52. The van der Waals surface area contributed by atoms with Gasteiger partial charge in [0.25, 0.3) is 11.6 Å². The van der Waals surface area contributed by atoms with Crippen molar-refractivity contribution in [3.05, 3.63) is 87.5 Å². The number of hydrogen-bond acceptors (Lipinski definition) is 7. The number of carbonyl (C=O) groups excluding carboxylic acids is 2. The van der Waals surface area contributed by atoms with Crippen LogP contribution in [-0.2, 0) is 0 Å². The maximum Gasteiger partial charge on any atom is 0.387 e. The molecule has 1 amide bonds. The Morgan fingerprint density at radius 1 is 1.03 bits per heavy atom. The summed E-state index contributed by atoms with van der Waals surface area (Å²) >= 11 is 0. The highest BCUT2D eigenvalue weighted by Crippen LogP contribution is 2.36. The Kier molecular flexibility index (Phi) is 7.36. The van der Waals surface area contributed by atoms with E-state index in [1.54, 1.807) is 18.2 Å². The van der Waals surface area contributed by atoms with Gasteiger partial charge in [-0.15, -0.1) is 0 Å². The molecule has 176 valence electrons. The predicted molar refractivity (Wildman–Crippen MR) is 117 cm³/mol. The average Bonchev–Trinajstić information content (AvgIpc) is 2.79. The van der Waals surface area contributed by atoms with Crippen LogP contribution < -0.4 is 19.5 Å². The van der Waals surface area contributed by atoms with Crippen LogP contribution in [0.15, 0.2) is 60.7 Å². The summed E-state index contributed by atoms with van der Waals surface area (Å²) in [6.45, 7) is -1.39. The van der Waals surface area contributed by atoms with Gasteiger partial charge in [0.05, 0.1) is 18.1 Å². The van der Waals surface area contributed by atoms with Gasteiger partial charge >= 0.3 is 12.6 Å². The number of halogens is 2. The number of nitro benzene ring substituents is 1. The first kappa shape index (κ1) is 24.1. The van der Waals surface area contributed by atoms with E-state index in [2.05, 4.69) is 10.1 Å². The second kappa shape index (κ2) is 10.4. The van der Waals surface area contributed by atoms with Crippen molar-refractivity contribution in [2.24, 2.45) is 0 Å². The lowest BCUT2D eigenvalue weighted by Crippen LogP contribution is -2.13. The van der Waals surface area contributed by atoms with Crippen LogP contribution in [0.25, 0.3) is 0 Å². The number of carbonyl (C=O) groups is 2. The Labute approximate surface area is 192 Å². The molecule has 0 saturated heterocycles. The minimum atomic E-state index is -3.25. The molecular formula is C23H18F2N2O7. The predicted octanol–water partition coefficient (Wildman–Crippen LogP) is 4.98. The number of alkyl halides is 2. The van der Waals surface area contributed by atoms with E-state index in [0.717, 1.165) is 18.7 Å². The SMILES string of the molecule is COc1cc(C(=O)Oc2ccc(NC(=O)c3cccc(C)c3)cc2)c([N+](=O)[O-])cc1OC(F)F. The maximum atomic E-state index is 12.6. The molecule has 0 aliphatic carbocycles. The maximum absolute atomic E-state index is 12.6. The third-order valence-corrected chi connectivity index (χ3v) is 4.52. The summed E-state index contributed by atoms with van der Waals surface area (Å²) < 4.78 is 39.4. The van der Waals surface area contributed by atoms with Gasteiger partial charge in [0.1, 0.15) is 11.3 Å². The van der Waals surface area contributed by atoms with Crippen LogP contribution >= 0.6 is 0 Å². The van der Waals surface area contributed by atoms with Crippen LogP contribution in [0.2, 0.25) is 0 Å². The number of benzene rings is 3. The van der Waals surface area contributed by atoms with Crippen molar-refractivity contribution >= 4 is 23.3 Å². The van der Waals surface area contributed by atoms with Gasteiger partial charge in [-0.3, -0.25) is 14.9 Å². The number of rotatable bonds is 8. The first-order valence-electron chi connectivity index (χ1n) is 9.69. The zero-order valence-corrected chi connectivity index (χ0v) is 17.9. The van der Waals surface area contributed by atoms with Crippen molar-refractivity contribution in [2.45, 2.75) is 13.5 Å². The minimum absolute atomic E-state index is 0.0275. The summed E-state index contributed by atoms with van der Waals surface area (Å²) in [4.78, 5) is 35.4. The molecule has 0 aromatic heterocycles. The van der Waals surface area contributed by atoms with Gasteiger partial charge in [0.15, 0.2) is 11.5 Å². The van der Waals surface area contributed by atoms with Crippen LogP contribution in [0.1, 0.15) is 26.3 Å². The van der Waals surface area contributed by atoms with Crippen LogP contribution in [0.5, 0.6) is 17.2 Å². The van der Waals surface area contributed by atoms with E-state index in [0.29, 0.717) is 17.3 Å². The van der Waals surface area contributed by atoms with Crippen molar-refractivity contribution in [3.8, 4) is 17.2 Å². The number of methoxy groups -OCH3 is 1. The number of esters is 1. The first-order chi connectivity index (χ1) is 16.2. The van der Waals surface area contributed by atoms with Crippen molar-refractivity contribution in [2.75, 3.05) is 12.4 Å². The van der Waals surface area contributed by atoms with Crippen LogP contribution in [0, 0.1) is 17.0 Å². The molecule has 3 aromatic carbocycles. The monoisotopic (exact) mass is 472 g/mol. The topological polar surface area (TPSA) is 117 Å². The Morgan fingerprint density at radius 3 is 2.32 bits per heavy atom. The highest BCUT2D eigenvalue weighted by molar-refractivity contribution is 6.04. The molecule has 3 aromatic rings. The molecule has 0 bridgehead atoms. The third kappa shape index (κ3) is 5.82. The molecule has 0 atom stereocenters. The smallest absolute Gasteiger partial charge is 0.387 e. The average molecular weight is 472 g/mol. The molecule has 0 radical (unpaired) electrons. The Morgan fingerprint density at radius 2 is 1.74 bits per heavy atom. The summed E-state index contributed by atoms with van der Waals surface area (Å²) in [5, 5.41) is 14.1. The van der Waals surface area contributed by atoms with Crippen LogP contribution in [0.4, 0.5) is 20.2 Å². The number of ether oxygens (including phenoxy) is 3. The molecule has 0 fully saturated rings. The van der Waals surface area contributed by atoms with Gasteiger partial charge in [0, 0.05) is 17.3 Å². The molecule has 0 saturated carbocycles. The molecule has 0 aliphatic heterocycles. The molecule has 0 heterocycles. The summed E-state index contributed by atoms with van der Waals surface area (Å²) in [6.07, 6.45) is 0. The fraction of sp³-hybridized carbons (Fsp3) is 0.130. The largest absolute Gasteiger partial charge is 0.493 e.